The molecule has 0 unspecified atom stereocenters. The highest BCUT2D eigenvalue weighted by molar-refractivity contribution is 5.85. The number of pyridine rings is 1. The molecule has 4 rings (SSSR count). The standard InChI is InChI=1S/C25H37N5O/c1-18-13-20(22-7-6-19(14-26)25-23(22)5-4-10-27-25)16-29(15-18)17-24(31)30-11-8-21(9-12-30)28(2)3/h4-7,10,18,20-21H,8-9,11-17,26H2,1-3H3/t18-,20-/m1/s1. The summed E-state index contributed by atoms with van der Waals surface area (Å²) in [7, 11) is 4.27. The van der Waals surface area contributed by atoms with E-state index < -0.39 is 0 Å². The second kappa shape index (κ2) is 9.63. The molecule has 6 nitrogen and oxygen atoms in total. The number of hydrogen-bond acceptors (Lipinski definition) is 5. The predicted octanol–water partition coefficient (Wildman–Crippen LogP) is 2.67. The molecule has 0 bridgehead atoms. The lowest BCUT2D eigenvalue weighted by Gasteiger charge is -2.39. The maximum atomic E-state index is 13.0. The van der Waals surface area contributed by atoms with Crippen molar-refractivity contribution in [3.05, 3.63) is 41.6 Å². The van der Waals surface area contributed by atoms with E-state index in [1.807, 2.05) is 12.3 Å². The highest BCUT2D eigenvalue weighted by atomic mass is 16.2. The molecule has 3 heterocycles. The monoisotopic (exact) mass is 423 g/mol. The Morgan fingerprint density at radius 3 is 2.68 bits per heavy atom. The maximum absolute atomic E-state index is 13.0. The van der Waals surface area contributed by atoms with Crippen LogP contribution in [-0.4, -0.2) is 78.5 Å². The Labute approximate surface area is 186 Å². The summed E-state index contributed by atoms with van der Waals surface area (Å²) in [4.78, 5) is 24.4. The number of benzene rings is 1. The molecule has 0 spiro atoms. The molecule has 2 aromatic rings. The highest BCUT2D eigenvalue weighted by Gasteiger charge is 2.30. The molecule has 2 N–H and O–H groups in total. The lowest BCUT2D eigenvalue weighted by Crippen LogP contribution is -2.49. The van der Waals surface area contributed by atoms with Gasteiger partial charge >= 0.3 is 0 Å². The number of carbonyl (C=O) groups excluding carboxylic acids is 1. The fourth-order valence-electron chi connectivity index (χ4n) is 5.51. The van der Waals surface area contributed by atoms with Crippen LogP contribution >= 0.6 is 0 Å². The third-order valence-corrected chi connectivity index (χ3v) is 7.19. The minimum Gasteiger partial charge on any atom is -0.341 e. The Hall–Kier alpha value is -2.02. The van der Waals surface area contributed by atoms with Crippen molar-refractivity contribution in [2.45, 2.75) is 44.7 Å². The molecule has 0 aliphatic carbocycles. The minimum atomic E-state index is 0.287. The summed E-state index contributed by atoms with van der Waals surface area (Å²) < 4.78 is 0. The fraction of sp³-hybridized carbons (Fsp3) is 0.600. The Morgan fingerprint density at radius 2 is 1.97 bits per heavy atom. The Morgan fingerprint density at radius 1 is 1.19 bits per heavy atom. The van der Waals surface area contributed by atoms with E-state index in [1.54, 1.807) is 0 Å². The van der Waals surface area contributed by atoms with Crippen molar-refractivity contribution < 1.29 is 4.79 Å². The molecule has 2 fully saturated rings. The predicted molar refractivity (Wildman–Crippen MR) is 126 cm³/mol. The first-order valence-electron chi connectivity index (χ1n) is 11.7. The van der Waals surface area contributed by atoms with E-state index >= 15 is 0 Å². The van der Waals surface area contributed by atoms with Gasteiger partial charge in [0.25, 0.3) is 0 Å². The topological polar surface area (TPSA) is 65.7 Å². The molecule has 6 heteroatoms. The molecule has 1 aromatic heterocycles. The van der Waals surface area contributed by atoms with Crippen molar-refractivity contribution in [3.8, 4) is 0 Å². The highest BCUT2D eigenvalue weighted by Crippen LogP contribution is 2.35. The molecule has 1 aromatic carbocycles. The van der Waals surface area contributed by atoms with Crippen LogP contribution in [0.3, 0.4) is 0 Å². The average molecular weight is 424 g/mol. The largest absolute Gasteiger partial charge is 0.341 e. The number of aromatic nitrogens is 1. The number of nitrogens with two attached hydrogens (primary N) is 1. The van der Waals surface area contributed by atoms with Crippen LogP contribution < -0.4 is 5.73 Å². The number of carbonyl (C=O) groups is 1. The number of piperidine rings is 2. The molecular weight excluding hydrogens is 386 g/mol. The Kier molecular flexibility index (Phi) is 6.89. The van der Waals surface area contributed by atoms with Crippen LogP contribution in [0.4, 0.5) is 0 Å². The fourth-order valence-corrected chi connectivity index (χ4v) is 5.51. The van der Waals surface area contributed by atoms with Crippen LogP contribution in [0.2, 0.25) is 0 Å². The van der Waals surface area contributed by atoms with Gasteiger partial charge in [-0.3, -0.25) is 14.7 Å². The van der Waals surface area contributed by atoms with E-state index in [0.29, 0.717) is 31.0 Å². The zero-order chi connectivity index (χ0) is 22.0. The summed E-state index contributed by atoms with van der Waals surface area (Å²) >= 11 is 0. The van der Waals surface area contributed by atoms with Gasteiger partial charge in [0.05, 0.1) is 12.1 Å². The van der Waals surface area contributed by atoms with Gasteiger partial charge in [0.2, 0.25) is 5.91 Å². The van der Waals surface area contributed by atoms with Crippen LogP contribution in [-0.2, 0) is 11.3 Å². The second-order valence-corrected chi connectivity index (χ2v) is 9.73. The van der Waals surface area contributed by atoms with Crippen molar-refractivity contribution in [1.29, 1.82) is 0 Å². The first kappa shape index (κ1) is 22.2. The summed E-state index contributed by atoms with van der Waals surface area (Å²) in [5.41, 5.74) is 9.40. The van der Waals surface area contributed by atoms with E-state index in [2.05, 4.69) is 58.9 Å². The molecule has 1 amide bonds. The molecule has 2 aliphatic heterocycles. The molecule has 2 aliphatic rings. The first-order chi connectivity index (χ1) is 15.0. The third-order valence-electron chi connectivity index (χ3n) is 7.19. The van der Waals surface area contributed by atoms with Gasteiger partial charge in [0, 0.05) is 50.3 Å². The van der Waals surface area contributed by atoms with Crippen LogP contribution in [0.1, 0.15) is 43.2 Å². The first-order valence-corrected chi connectivity index (χ1v) is 11.7. The number of amides is 1. The van der Waals surface area contributed by atoms with Crippen molar-refractivity contribution in [3.63, 3.8) is 0 Å². The lowest BCUT2D eigenvalue weighted by molar-refractivity contribution is -0.134. The van der Waals surface area contributed by atoms with Crippen molar-refractivity contribution >= 4 is 16.8 Å². The van der Waals surface area contributed by atoms with Crippen LogP contribution in [0.25, 0.3) is 10.9 Å². The molecule has 2 saturated heterocycles. The Balaban J connectivity index is 1.46. The molecule has 0 radical (unpaired) electrons. The van der Waals surface area contributed by atoms with Gasteiger partial charge in [-0.05, 0) is 62.4 Å². The van der Waals surface area contributed by atoms with Gasteiger partial charge in [-0.2, -0.15) is 0 Å². The number of hydrogen-bond donors (Lipinski definition) is 1. The number of nitrogens with zero attached hydrogens (tertiary/aromatic N) is 4. The number of likely N-dealkylation sites (tertiary alicyclic amines) is 2. The zero-order valence-corrected chi connectivity index (χ0v) is 19.3. The summed E-state index contributed by atoms with van der Waals surface area (Å²) in [5.74, 6) is 1.26. The van der Waals surface area contributed by atoms with Gasteiger partial charge in [0.1, 0.15) is 0 Å². The van der Waals surface area contributed by atoms with Crippen molar-refractivity contribution in [1.82, 2.24) is 19.7 Å². The zero-order valence-electron chi connectivity index (χ0n) is 19.3. The normalized spacial score (nSPS) is 23.6. The van der Waals surface area contributed by atoms with Gasteiger partial charge in [-0.25, -0.2) is 0 Å². The summed E-state index contributed by atoms with van der Waals surface area (Å²) in [5, 5.41) is 1.21. The quantitative estimate of drug-likeness (QED) is 0.801. The number of rotatable bonds is 5. The molecule has 168 valence electrons. The van der Waals surface area contributed by atoms with E-state index in [4.69, 9.17) is 5.73 Å². The molecular formula is C25H37N5O. The van der Waals surface area contributed by atoms with Gasteiger partial charge in [-0.15, -0.1) is 0 Å². The SMILES string of the molecule is C[C@@H]1C[C@@H](c2ccc(CN)c3ncccc23)CN(CC(=O)N2CCC(N(C)C)CC2)C1. The lowest BCUT2D eigenvalue weighted by atomic mass is 9.83. The third kappa shape index (κ3) is 4.92. The van der Waals surface area contributed by atoms with Crippen LogP contribution in [0.5, 0.6) is 0 Å². The molecule has 0 saturated carbocycles. The van der Waals surface area contributed by atoms with Gasteiger partial charge in [-0.1, -0.05) is 25.1 Å². The van der Waals surface area contributed by atoms with E-state index in [0.717, 1.165) is 56.5 Å². The van der Waals surface area contributed by atoms with E-state index in [1.165, 1.54) is 10.9 Å². The van der Waals surface area contributed by atoms with Gasteiger partial charge < -0.3 is 15.5 Å². The van der Waals surface area contributed by atoms with E-state index in [-0.39, 0.29) is 5.91 Å². The smallest absolute Gasteiger partial charge is 0.236 e. The van der Waals surface area contributed by atoms with Crippen LogP contribution in [0, 0.1) is 5.92 Å². The Bertz CT molecular complexity index is 906. The van der Waals surface area contributed by atoms with Crippen LogP contribution in [0.15, 0.2) is 30.5 Å². The van der Waals surface area contributed by atoms with Gasteiger partial charge in [0.15, 0.2) is 0 Å². The van der Waals surface area contributed by atoms with Crippen molar-refractivity contribution in [2.24, 2.45) is 11.7 Å². The summed E-state index contributed by atoms with van der Waals surface area (Å²) in [6.07, 6.45) is 5.14. The van der Waals surface area contributed by atoms with E-state index in [9.17, 15) is 4.79 Å². The molecule has 2 atom stereocenters. The average Bonchev–Trinajstić information content (AvgIpc) is 2.78. The minimum absolute atomic E-state index is 0.287. The van der Waals surface area contributed by atoms with Crippen molar-refractivity contribution in [2.75, 3.05) is 46.8 Å². The summed E-state index contributed by atoms with van der Waals surface area (Å²) in [6, 6.07) is 9.15. The number of fused-ring (bicyclic) bond motifs is 1. The second-order valence-electron chi connectivity index (χ2n) is 9.73. The maximum Gasteiger partial charge on any atom is 0.236 e. The molecule has 31 heavy (non-hydrogen) atoms. The summed E-state index contributed by atoms with van der Waals surface area (Å²) in [6.45, 7) is 7.02.